The fraction of sp³-hybridized carbons (Fsp3) is 0.917. The van der Waals surface area contributed by atoms with Crippen molar-refractivity contribution >= 4 is 5.97 Å². The maximum Gasteiger partial charge on any atom is 0.0582 e. The Labute approximate surface area is 93.0 Å². The predicted octanol–water partition coefficient (Wildman–Crippen LogP) is 1.59. The van der Waals surface area contributed by atoms with Gasteiger partial charge in [0.05, 0.1) is 5.97 Å². The monoisotopic (exact) mass is 214 g/mol. The summed E-state index contributed by atoms with van der Waals surface area (Å²) in [5.74, 6) is -1.13. The molecule has 0 aromatic heterocycles. The second-order valence-electron chi connectivity index (χ2n) is 4.19. The van der Waals surface area contributed by atoms with Crippen molar-refractivity contribution in [2.45, 2.75) is 70.8 Å². The summed E-state index contributed by atoms with van der Waals surface area (Å²) in [5.41, 5.74) is 5.33. The summed E-state index contributed by atoms with van der Waals surface area (Å²) in [7, 11) is 0. The number of hydrogen-bond donors (Lipinski definition) is 1. The van der Waals surface area contributed by atoms with E-state index in [1.165, 1.54) is 38.5 Å². The molecule has 1 atom stereocenters. The van der Waals surface area contributed by atoms with Gasteiger partial charge in [-0.2, -0.15) is 0 Å². The standard InChI is InChI=1S/C12H25NO2/c1-2-3-4-5-6-7-8-9-10-11(13)12(14)15/h11H,2-10,13H2,1H3,(H,14,15)/p-1. The highest BCUT2D eigenvalue weighted by Gasteiger charge is 2.01. The minimum absolute atomic E-state index is 0.553. The molecule has 3 heteroatoms. The third kappa shape index (κ3) is 9.73. The Balaban J connectivity index is 3.08. The van der Waals surface area contributed by atoms with Crippen LogP contribution in [0, 0.1) is 0 Å². The molecule has 0 amide bonds. The van der Waals surface area contributed by atoms with Gasteiger partial charge in [-0.25, -0.2) is 0 Å². The largest absolute Gasteiger partial charge is 0.548 e. The first-order chi connectivity index (χ1) is 7.18. The molecule has 0 rings (SSSR count). The van der Waals surface area contributed by atoms with Crippen molar-refractivity contribution in [3.05, 3.63) is 0 Å². The second-order valence-corrected chi connectivity index (χ2v) is 4.19. The van der Waals surface area contributed by atoms with E-state index in [0.717, 1.165) is 12.8 Å². The van der Waals surface area contributed by atoms with Crippen molar-refractivity contribution in [2.75, 3.05) is 0 Å². The summed E-state index contributed by atoms with van der Waals surface area (Å²) >= 11 is 0. The average Bonchev–Trinajstić information content (AvgIpc) is 2.21. The first-order valence-electron chi connectivity index (χ1n) is 6.15. The quantitative estimate of drug-likeness (QED) is 0.562. The number of unbranched alkanes of at least 4 members (excludes halogenated alkanes) is 7. The molecule has 0 saturated heterocycles. The number of carbonyl (C=O) groups excluding carboxylic acids is 1. The van der Waals surface area contributed by atoms with Gasteiger partial charge in [-0.05, 0) is 6.42 Å². The van der Waals surface area contributed by atoms with E-state index in [0.29, 0.717) is 6.42 Å². The fourth-order valence-corrected chi connectivity index (χ4v) is 1.62. The molecule has 90 valence electrons. The van der Waals surface area contributed by atoms with E-state index in [-0.39, 0.29) is 0 Å². The molecule has 0 heterocycles. The molecule has 15 heavy (non-hydrogen) atoms. The van der Waals surface area contributed by atoms with Gasteiger partial charge in [-0.1, -0.05) is 58.3 Å². The zero-order chi connectivity index (χ0) is 11.5. The Kier molecular flexibility index (Phi) is 9.59. The average molecular weight is 214 g/mol. The van der Waals surface area contributed by atoms with Crippen molar-refractivity contribution in [2.24, 2.45) is 5.73 Å². The minimum Gasteiger partial charge on any atom is -0.548 e. The van der Waals surface area contributed by atoms with Gasteiger partial charge in [0.1, 0.15) is 0 Å². The van der Waals surface area contributed by atoms with Crippen LogP contribution >= 0.6 is 0 Å². The van der Waals surface area contributed by atoms with Gasteiger partial charge in [0.15, 0.2) is 0 Å². The first-order valence-corrected chi connectivity index (χ1v) is 6.15. The molecule has 0 aliphatic rings. The highest BCUT2D eigenvalue weighted by Crippen LogP contribution is 2.09. The van der Waals surface area contributed by atoms with Gasteiger partial charge in [0.25, 0.3) is 0 Å². The molecule has 0 radical (unpaired) electrons. The Hall–Kier alpha value is -0.570. The van der Waals surface area contributed by atoms with Crippen molar-refractivity contribution < 1.29 is 9.90 Å². The summed E-state index contributed by atoms with van der Waals surface area (Å²) in [6.45, 7) is 2.21. The summed E-state index contributed by atoms with van der Waals surface area (Å²) in [6.07, 6.45) is 10.3. The number of nitrogens with two attached hydrogens (primary N) is 1. The molecule has 2 N–H and O–H groups in total. The van der Waals surface area contributed by atoms with Crippen LogP contribution in [-0.4, -0.2) is 12.0 Å². The lowest BCUT2D eigenvalue weighted by Crippen LogP contribution is -2.41. The highest BCUT2D eigenvalue weighted by molar-refractivity contribution is 5.70. The van der Waals surface area contributed by atoms with Gasteiger partial charge in [0.2, 0.25) is 0 Å². The molecule has 0 aliphatic carbocycles. The minimum atomic E-state index is -1.13. The SMILES string of the molecule is CCCCCCCCCCC(N)C(=O)[O-]. The number of aliphatic carboxylic acids is 1. The molecule has 0 spiro atoms. The van der Waals surface area contributed by atoms with E-state index in [1.54, 1.807) is 0 Å². The highest BCUT2D eigenvalue weighted by atomic mass is 16.4. The van der Waals surface area contributed by atoms with E-state index in [4.69, 9.17) is 5.73 Å². The number of carboxylic acids is 1. The van der Waals surface area contributed by atoms with Crippen LogP contribution in [0.3, 0.4) is 0 Å². The maximum atomic E-state index is 10.3. The number of carboxylic acid groups (broad SMARTS) is 1. The predicted molar refractivity (Wildman–Crippen MR) is 60.2 cm³/mol. The molecular formula is C12H24NO2-. The smallest absolute Gasteiger partial charge is 0.0582 e. The van der Waals surface area contributed by atoms with Gasteiger partial charge in [-0.15, -0.1) is 0 Å². The molecule has 0 bridgehead atoms. The fourth-order valence-electron chi connectivity index (χ4n) is 1.62. The van der Waals surface area contributed by atoms with E-state index >= 15 is 0 Å². The van der Waals surface area contributed by atoms with Crippen LogP contribution < -0.4 is 10.8 Å². The third-order valence-electron chi connectivity index (χ3n) is 2.67. The Morgan fingerprint density at radius 1 is 1.07 bits per heavy atom. The Morgan fingerprint density at radius 3 is 2.00 bits per heavy atom. The van der Waals surface area contributed by atoms with Gasteiger partial charge in [-0.3, -0.25) is 0 Å². The van der Waals surface area contributed by atoms with Crippen LogP contribution in [0.25, 0.3) is 0 Å². The molecule has 3 nitrogen and oxygen atoms in total. The zero-order valence-corrected chi connectivity index (χ0v) is 9.84. The van der Waals surface area contributed by atoms with Crippen LogP contribution in [0.1, 0.15) is 64.7 Å². The normalized spacial score (nSPS) is 12.7. The molecular weight excluding hydrogens is 190 g/mol. The molecule has 0 aromatic rings. The van der Waals surface area contributed by atoms with Gasteiger partial charge < -0.3 is 15.6 Å². The lowest BCUT2D eigenvalue weighted by molar-refractivity contribution is -0.307. The van der Waals surface area contributed by atoms with E-state index in [2.05, 4.69) is 6.92 Å². The number of hydrogen-bond acceptors (Lipinski definition) is 3. The van der Waals surface area contributed by atoms with Crippen LogP contribution in [0.5, 0.6) is 0 Å². The van der Waals surface area contributed by atoms with Crippen LogP contribution in [0.15, 0.2) is 0 Å². The van der Waals surface area contributed by atoms with E-state index in [1.807, 2.05) is 0 Å². The van der Waals surface area contributed by atoms with E-state index in [9.17, 15) is 9.90 Å². The first kappa shape index (κ1) is 14.4. The van der Waals surface area contributed by atoms with Gasteiger partial charge in [0, 0.05) is 6.04 Å². The van der Waals surface area contributed by atoms with Crippen LogP contribution in [0.2, 0.25) is 0 Å². The van der Waals surface area contributed by atoms with Gasteiger partial charge >= 0.3 is 0 Å². The van der Waals surface area contributed by atoms with Crippen molar-refractivity contribution in [1.29, 1.82) is 0 Å². The van der Waals surface area contributed by atoms with E-state index < -0.39 is 12.0 Å². The zero-order valence-electron chi connectivity index (χ0n) is 9.84. The number of carbonyl (C=O) groups is 1. The van der Waals surface area contributed by atoms with Crippen LogP contribution in [0.4, 0.5) is 0 Å². The molecule has 0 fully saturated rings. The van der Waals surface area contributed by atoms with Crippen LogP contribution in [-0.2, 0) is 4.79 Å². The molecule has 0 aliphatic heterocycles. The summed E-state index contributed by atoms with van der Waals surface area (Å²) in [5, 5.41) is 10.3. The van der Waals surface area contributed by atoms with Crippen molar-refractivity contribution in [1.82, 2.24) is 0 Å². The second kappa shape index (κ2) is 9.97. The number of rotatable bonds is 10. The lowest BCUT2D eigenvalue weighted by atomic mass is 10.1. The summed E-state index contributed by atoms with van der Waals surface area (Å²) in [4.78, 5) is 10.3. The molecule has 1 unspecified atom stereocenters. The Bertz CT molecular complexity index is 160. The lowest BCUT2D eigenvalue weighted by Gasteiger charge is -2.11. The summed E-state index contributed by atoms with van der Waals surface area (Å²) in [6, 6.07) is -0.773. The van der Waals surface area contributed by atoms with Crippen molar-refractivity contribution in [3.8, 4) is 0 Å². The summed E-state index contributed by atoms with van der Waals surface area (Å²) < 4.78 is 0. The van der Waals surface area contributed by atoms with Crippen molar-refractivity contribution in [3.63, 3.8) is 0 Å². The topological polar surface area (TPSA) is 66.2 Å². The third-order valence-corrected chi connectivity index (χ3v) is 2.67. The maximum absolute atomic E-state index is 10.3. The molecule has 0 aromatic carbocycles. The molecule has 0 saturated carbocycles. The Morgan fingerprint density at radius 2 is 1.53 bits per heavy atom.